The van der Waals surface area contributed by atoms with Crippen LogP contribution in [0.2, 0.25) is 0 Å². The second-order valence-electron chi connectivity index (χ2n) is 40.3. The first-order chi connectivity index (χ1) is 56.6. The van der Waals surface area contributed by atoms with E-state index in [4.69, 9.17) is 94.7 Å². The highest BCUT2D eigenvalue weighted by Crippen LogP contribution is 2.55. The predicted octanol–water partition coefficient (Wildman–Crippen LogP) is 18.4. The number of carbonyl (C=O) groups is 6. The lowest BCUT2D eigenvalue weighted by Crippen LogP contribution is -2.49. The maximum absolute atomic E-state index is 12.0. The quantitative estimate of drug-likeness (QED) is 0.0180. The largest absolute Gasteiger partial charge is 0.457 e. The van der Waals surface area contributed by atoms with Crippen LogP contribution in [0.15, 0.2) is 72.9 Å². The Kier molecular flexibility index (Phi) is 50.2. The molecule has 0 aromatic heterocycles. The van der Waals surface area contributed by atoms with Crippen LogP contribution in [-0.2, 0) is 124 Å². The second kappa shape index (κ2) is 55.3. The summed E-state index contributed by atoms with van der Waals surface area (Å²) < 4.78 is 106. The van der Waals surface area contributed by atoms with Crippen LogP contribution in [0.25, 0.3) is 0 Å². The van der Waals surface area contributed by atoms with Crippen LogP contribution < -0.4 is 0 Å². The number of hydrogen-bond acceptors (Lipinski definition) is 26. The molecule has 0 aliphatic heterocycles. The first-order valence-electron chi connectivity index (χ1n) is 43.9. The number of esters is 6. The first kappa shape index (κ1) is 110. The van der Waals surface area contributed by atoms with Crippen LogP contribution in [0.3, 0.4) is 0 Å². The molecule has 9 aliphatic carbocycles. The lowest BCUT2D eigenvalue weighted by Gasteiger charge is -2.53. The first-order valence-corrected chi connectivity index (χ1v) is 43.9. The molecule has 9 fully saturated rings. The maximum atomic E-state index is 12.0. The van der Waals surface area contributed by atoms with E-state index in [0.717, 1.165) is 108 Å². The Labute approximate surface area is 727 Å². The summed E-state index contributed by atoms with van der Waals surface area (Å²) in [5.74, 6) is 2.25. The third-order valence-electron chi connectivity index (χ3n) is 21.5. The Balaban J connectivity index is 0.000000376. The highest BCUT2D eigenvalue weighted by molar-refractivity contribution is 5.90. The summed E-state index contributed by atoms with van der Waals surface area (Å²) in [6.07, 6.45) is 26.6. The average molecular weight is 1720 g/mol. The molecule has 0 saturated heterocycles. The Morgan fingerprint density at radius 3 is 0.967 bits per heavy atom. The van der Waals surface area contributed by atoms with E-state index in [1.165, 1.54) is 72.0 Å². The van der Waals surface area contributed by atoms with Crippen molar-refractivity contribution >= 4 is 35.8 Å². The van der Waals surface area contributed by atoms with Gasteiger partial charge in [-0.2, -0.15) is 0 Å². The lowest BCUT2D eigenvalue weighted by atomic mass is 9.55. The molecule has 9 rings (SSSR count). The van der Waals surface area contributed by atoms with Gasteiger partial charge in [0.1, 0.15) is 63.2 Å². The number of hydrogen-bond donors (Lipinski definition) is 0. The van der Waals surface area contributed by atoms with E-state index < -0.39 is 23.5 Å². The highest BCUT2D eigenvalue weighted by Gasteiger charge is 2.49. The van der Waals surface area contributed by atoms with Crippen molar-refractivity contribution in [1.29, 1.82) is 0 Å². The zero-order valence-corrected chi connectivity index (χ0v) is 78.5. The van der Waals surface area contributed by atoms with Crippen molar-refractivity contribution in [2.45, 2.75) is 307 Å². The minimum absolute atomic E-state index is 0.00994. The van der Waals surface area contributed by atoms with E-state index in [-0.39, 0.29) is 174 Å². The SMILES string of the molecule is C=C(COCOC)C(=O)OCOC1C2CC3CC(C2)CC1C3.C=C(COCOC)C(=O)OCOC1CC2CCC1C2.C=C(COCOCC(C)(C)C)C(=O)OC(C)(C)C.C=C(COCOCC(C)(C)C)C(=O)OC1(C)CCCC1.C=C(COCOCC(C)(C)C)C(=O)OC1(C)CCCCC1.C=C(COCOCC(C)(C)C)C(=O)OC1(CC)CCCC1. The molecule has 121 heavy (non-hydrogen) atoms. The lowest BCUT2D eigenvalue weighted by molar-refractivity contribution is -0.184. The molecule has 0 aromatic carbocycles. The number of ether oxygens (including phenoxy) is 20. The van der Waals surface area contributed by atoms with Crippen LogP contribution in [0.1, 0.15) is 272 Å². The van der Waals surface area contributed by atoms with Gasteiger partial charge in [-0.05, 0) is 233 Å². The summed E-state index contributed by atoms with van der Waals surface area (Å²) in [5.41, 5.74) is 0.887. The molecule has 0 N–H and O–H groups in total. The van der Waals surface area contributed by atoms with Gasteiger partial charge in [-0.1, -0.05) is 136 Å². The van der Waals surface area contributed by atoms with Gasteiger partial charge in [-0.3, -0.25) is 0 Å². The topological polar surface area (TPSA) is 287 Å². The van der Waals surface area contributed by atoms with Gasteiger partial charge in [-0.25, -0.2) is 28.8 Å². The van der Waals surface area contributed by atoms with Crippen molar-refractivity contribution in [3.05, 3.63) is 72.9 Å². The van der Waals surface area contributed by atoms with Gasteiger partial charge in [0.2, 0.25) is 0 Å². The molecule has 26 heteroatoms. The molecular weight excluding hydrogens is 1560 g/mol. The minimum Gasteiger partial charge on any atom is -0.457 e. The van der Waals surface area contributed by atoms with Crippen LogP contribution in [0, 0.1) is 57.2 Å². The van der Waals surface area contributed by atoms with E-state index >= 15 is 0 Å². The van der Waals surface area contributed by atoms with Gasteiger partial charge < -0.3 is 94.7 Å². The van der Waals surface area contributed by atoms with Gasteiger partial charge in [0.25, 0.3) is 0 Å². The van der Waals surface area contributed by atoms with E-state index in [1.807, 2.05) is 34.6 Å². The van der Waals surface area contributed by atoms with Gasteiger partial charge in [0, 0.05) is 14.2 Å². The monoisotopic (exact) mass is 1720 g/mol. The third-order valence-corrected chi connectivity index (χ3v) is 21.5. The van der Waals surface area contributed by atoms with Crippen LogP contribution in [0.5, 0.6) is 0 Å². The molecule has 3 unspecified atom stereocenters. The van der Waals surface area contributed by atoms with Crippen LogP contribution in [-0.4, -0.2) is 205 Å². The van der Waals surface area contributed by atoms with E-state index in [1.54, 1.807) is 0 Å². The van der Waals surface area contributed by atoms with Crippen molar-refractivity contribution in [3.63, 3.8) is 0 Å². The maximum Gasteiger partial charge on any atom is 0.337 e. The standard InChI is InChI=1S/C17H26O5.2C17H30O4.C16H28O4.C14H22O5.C14H26O4/c1-11(8-20-9-19-2)17(18)22-10-21-16-14-4-12-3-13(6-14)7-15(16)5-12;1-14(11-19-13-20-12-16(2,3)4)15(18)21-17(5)9-7-6-8-10-17;1-6-17(9-7-8-10-17)21-15(18)14(2)11-19-13-20-12-16(3,4)5;1-13(10-18-12-19-11-15(2,3)4)14(17)20-16(5)8-6-7-9-16;1-10(7-17-8-16-2)14(15)19-9-18-13-6-11-3-4-12(13)5-11;1-11(12(15)18-14(5,6)7)8-16-10-17-9-13(2,3)4/h12-16H,1,3-10H2,2H3;1,6-13H2,2-5H3;2,6-13H2,1,3-5H3;1,6-12H2,2-5H3;11-13H,1,3-9H2,2H3;1,8-10H2,2-7H3. The van der Waals surface area contributed by atoms with E-state index in [9.17, 15) is 28.8 Å². The molecular formula is C95H162O26. The Morgan fingerprint density at radius 2 is 0.645 bits per heavy atom. The van der Waals surface area contributed by atoms with Crippen LogP contribution in [0.4, 0.5) is 0 Å². The molecule has 0 heterocycles. The Hall–Kier alpha value is -5.30. The number of fused-ring (bicyclic) bond motifs is 2. The Bertz CT molecular complexity index is 3090. The van der Waals surface area contributed by atoms with E-state index in [0.29, 0.717) is 66.5 Å². The summed E-state index contributed by atoms with van der Waals surface area (Å²) in [6.45, 7) is 62.9. The van der Waals surface area contributed by atoms with Gasteiger partial charge in [0.05, 0.1) is 112 Å². The van der Waals surface area contributed by atoms with E-state index in [2.05, 4.69) is 129 Å². The summed E-state index contributed by atoms with van der Waals surface area (Å²) >= 11 is 0. The number of methoxy groups -OCH3 is 2. The molecule has 0 radical (unpaired) electrons. The molecule has 0 aromatic rings. The van der Waals surface area contributed by atoms with Crippen molar-refractivity contribution in [3.8, 4) is 0 Å². The van der Waals surface area contributed by atoms with Crippen molar-refractivity contribution < 1.29 is 124 Å². The molecule has 698 valence electrons. The molecule has 3 atom stereocenters. The van der Waals surface area contributed by atoms with Gasteiger partial charge >= 0.3 is 35.8 Å². The van der Waals surface area contributed by atoms with Gasteiger partial charge in [0.15, 0.2) is 13.6 Å². The predicted molar refractivity (Wildman–Crippen MR) is 464 cm³/mol. The molecule has 0 spiro atoms. The van der Waals surface area contributed by atoms with Crippen molar-refractivity contribution in [2.24, 2.45) is 57.2 Å². The Morgan fingerprint density at radius 1 is 0.331 bits per heavy atom. The fraction of sp³-hybridized carbons (Fsp3) is 0.811. The molecule has 9 aliphatic rings. The summed E-state index contributed by atoms with van der Waals surface area (Å²) in [6, 6.07) is 0. The minimum atomic E-state index is -0.511. The summed E-state index contributed by atoms with van der Waals surface area (Å²) in [7, 11) is 3.05. The van der Waals surface area contributed by atoms with Crippen LogP contribution >= 0.6 is 0 Å². The zero-order valence-electron chi connectivity index (χ0n) is 78.5. The molecule has 0 amide bonds. The third kappa shape index (κ3) is 48.8. The normalized spacial score (nSPS) is 22.0. The van der Waals surface area contributed by atoms with Crippen molar-refractivity contribution in [1.82, 2.24) is 0 Å². The summed E-state index contributed by atoms with van der Waals surface area (Å²) in [4.78, 5) is 70.8. The molecule has 6 bridgehead atoms. The second-order valence-corrected chi connectivity index (χ2v) is 40.3. The zero-order chi connectivity index (χ0) is 90.7. The highest BCUT2D eigenvalue weighted by atomic mass is 16.7. The number of carbonyl (C=O) groups excluding carboxylic acids is 6. The fourth-order valence-corrected chi connectivity index (χ4v) is 15.6. The molecule has 26 nitrogen and oxygen atoms in total. The fourth-order valence-electron chi connectivity index (χ4n) is 15.6. The number of rotatable bonds is 44. The smallest absolute Gasteiger partial charge is 0.337 e. The van der Waals surface area contributed by atoms with Crippen molar-refractivity contribution in [2.75, 3.05) is 135 Å². The average Bonchev–Trinajstić information content (AvgIpc) is 1.36. The summed E-state index contributed by atoms with van der Waals surface area (Å²) in [5, 5.41) is 0. The van der Waals surface area contributed by atoms with Gasteiger partial charge in [-0.15, -0.1) is 0 Å². The molecule has 9 saturated carbocycles.